The van der Waals surface area contributed by atoms with E-state index in [4.69, 9.17) is 23.2 Å². The van der Waals surface area contributed by atoms with Crippen LogP contribution in [0.4, 0.5) is 8.78 Å². The molecular formula is C15H8Cl2F2N2. The number of halogens is 4. The molecule has 0 unspecified atom stereocenters. The molecule has 0 aliphatic carbocycles. The minimum Gasteiger partial charge on any atom is -0.227 e. The van der Waals surface area contributed by atoms with Crippen LogP contribution in [0.25, 0.3) is 22.3 Å². The first-order chi connectivity index (χ1) is 9.97. The van der Waals surface area contributed by atoms with Crippen molar-refractivity contribution in [3.05, 3.63) is 57.7 Å². The molecule has 2 aromatic carbocycles. The van der Waals surface area contributed by atoms with Crippen LogP contribution in [0.2, 0.25) is 10.2 Å². The van der Waals surface area contributed by atoms with E-state index >= 15 is 0 Å². The maximum Gasteiger partial charge on any atom is 0.164 e. The lowest BCUT2D eigenvalue weighted by Gasteiger charge is -2.08. The van der Waals surface area contributed by atoms with Crippen LogP contribution in [0.1, 0.15) is 5.56 Å². The first-order valence-electron chi connectivity index (χ1n) is 6.05. The summed E-state index contributed by atoms with van der Waals surface area (Å²) in [6, 6.07) is 6.61. The predicted molar refractivity (Wildman–Crippen MR) is 79.6 cm³/mol. The Balaban J connectivity index is 2.31. The van der Waals surface area contributed by atoms with Crippen molar-refractivity contribution in [1.82, 2.24) is 9.97 Å². The number of nitrogens with zero attached hydrogens (tertiary/aromatic N) is 2. The quantitative estimate of drug-likeness (QED) is 0.575. The molecule has 3 aromatic rings. The Bertz CT molecular complexity index is 866. The molecule has 0 saturated heterocycles. The van der Waals surface area contributed by atoms with Crippen LogP contribution in [0.15, 0.2) is 30.3 Å². The Morgan fingerprint density at radius 2 is 1.76 bits per heavy atom. The fourth-order valence-electron chi connectivity index (χ4n) is 2.06. The second-order valence-electron chi connectivity index (χ2n) is 4.53. The van der Waals surface area contributed by atoms with Gasteiger partial charge in [0.1, 0.15) is 16.8 Å². The van der Waals surface area contributed by atoms with Crippen LogP contribution in [0, 0.1) is 18.6 Å². The molecule has 2 nitrogen and oxygen atoms in total. The maximum absolute atomic E-state index is 13.9. The lowest BCUT2D eigenvalue weighted by molar-refractivity contribution is 0.585. The van der Waals surface area contributed by atoms with Crippen molar-refractivity contribution in [2.24, 2.45) is 0 Å². The Hall–Kier alpha value is -1.78. The summed E-state index contributed by atoms with van der Waals surface area (Å²) in [5.41, 5.74) is 1.35. The van der Waals surface area contributed by atoms with Gasteiger partial charge in [0.25, 0.3) is 0 Å². The van der Waals surface area contributed by atoms with Crippen molar-refractivity contribution in [2.75, 3.05) is 0 Å². The van der Waals surface area contributed by atoms with Gasteiger partial charge < -0.3 is 0 Å². The zero-order chi connectivity index (χ0) is 15.1. The fourth-order valence-corrected chi connectivity index (χ4v) is 2.45. The van der Waals surface area contributed by atoms with E-state index in [0.29, 0.717) is 15.9 Å². The molecule has 0 aliphatic rings. The highest BCUT2D eigenvalue weighted by molar-refractivity contribution is 6.35. The van der Waals surface area contributed by atoms with Gasteiger partial charge in [-0.1, -0.05) is 23.2 Å². The maximum atomic E-state index is 13.9. The van der Waals surface area contributed by atoms with E-state index in [1.54, 1.807) is 19.1 Å². The second-order valence-corrected chi connectivity index (χ2v) is 5.30. The highest BCUT2D eigenvalue weighted by Crippen LogP contribution is 2.31. The Morgan fingerprint density at radius 1 is 1.00 bits per heavy atom. The van der Waals surface area contributed by atoms with Crippen molar-refractivity contribution in [3.8, 4) is 11.4 Å². The third kappa shape index (κ3) is 2.45. The Labute approximate surface area is 129 Å². The zero-order valence-electron chi connectivity index (χ0n) is 10.8. The van der Waals surface area contributed by atoms with Gasteiger partial charge >= 0.3 is 0 Å². The molecule has 0 spiro atoms. The molecule has 1 aromatic heterocycles. The van der Waals surface area contributed by atoms with Crippen LogP contribution in [0.5, 0.6) is 0 Å². The molecule has 0 bridgehead atoms. The molecule has 0 radical (unpaired) electrons. The van der Waals surface area contributed by atoms with Gasteiger partial charge in [-0.15, -0.1) is 0 Å². The smallest absolute Gasteiger partial charge is 0.164 e. The lowest BCUT2D eigenvalue weighted by Crippen LogP contribution is -1.96. The van der Waals surface area contributed by atoms with E-state index in [1.165, 1.54) is 6.07 Å². The summed E-state index contributed by atoms with van der Waals surface area (Å²) < 4.78 is 26.8. The van der Waals surface area contributed by atoms with Gasteiger partial charge in [-0.3, -0.25) is 0 Å². The number of hydrogen-bond acceptors (Lipinski definition) is 2. The summed E-state index contributed by atoms with van der Waals surface area (Å²) in [6.45, 7) is 1.79. The molecule has 0 N–H and O–H groups in total. The van der Waals surface area contributed by atoms with Crippen LogP contribution >= 0.6 is 23.2 Å². The van der Waals surface area contributed by atoms with Crippen molar-refractivity contribution in [1.29, 1.82) is 0 Å². The van der Waals surface area contributed by atoms with E-state index in [2.05, 4.69) is 9.97 Å². The molecule has 0 fully saturated rings. The molecule has 0 aliphatic heterocycles. The molecule has 106 valence electrons. The molecule has 0 atom stereocenters. The molecular weight excluding hydrogens is 317 g/mol. The van der Waals surface area contributed by atoms with Gasteiger partial charge in [-0.2, -0.15) is 0 Å². The lowest BCUT2D eigenvalue weighted by atomic mass is 10.1. The monoisotopic (exact) mass is 324 g/mol. The molecule has 1 heterocycles. The van der Waals surface area contributed by atoms with E-state index < -0.39 is 11.6 Å². The summed E-state index contributed by atoms with van der Waals surface area (Å²) in [4.78, 5) is 8.40. The van der Waals surface area contributed by atoms with Crippen molar-refractivity contribution < 1.29 is 8.78 Å². The third-order valence-corrected chi connectivity index (χ3v) is 3.88. The van der Waals surface area contributed by atoms with Gasteiger partial charge in [0, 0.05) is 16.5 Å². The standard InChI is InChI=1S/C15H8Cl2F2N2/c1-7-11(16)5-4-10-13(7)20-15(21-14(10)17)9-3-2-8(18)6-12(9)19/h2-6H,1H3. The highest BCUT2D eigenvalue weighted by Gasteiger charge is 2.14. The first kappa shape index (κ1) is 14.2. The third-order valence-electron chi connectivity index (χ3n) is 3.18. The molecule has 6 heteroatoms. The van der Waals surface area contributed by atoms with E-state index in [0.717, 1.165) is 17.7 Å². The predicted octanol–water partition coefficient (Wildman–Crippen LogP) is 5.19. The Morgan fingerprint density at radius 3 is 2.48 bits per heavy atom. The molecule has 0 saturated carbocycles. The zero-order valence-corrected chi connectivity index (χ0v) is 12.3. The van der Waals surface area contributed by atoms with Gasteiger partial charge in [0.05, 0.1) is 11.1 Å². The second kappa shape index (κ2) is 5.20. The largest absolute Gasteiger partial charge is 0.227 e. The minimum absolute atomic E-state index is 0.0829. The number of hydrogen-bond donors (Lipinski definition) is 0. The van der Waals surface area contributed by atoms with Gasteiger partial charge in [-0.25, -0.2) is 18.7 Å². The number of aryl methyl sites for hydroxylation is 1. The summed E-state index contributed by atoms with van der Waals surface area (Å²) >= 11 is 12.2. The first-order valence-corrected chi connectivity index (χ1v) is 6.81. The highest BCUT2D eigenvalue weighted by atomic mass is 35.5. The topological polar surface area (TPSA) is 25.8 Å². The SMILES string of the molecule is Cc1c(Cl)ccc2c(Cl)nc(-c3ccc(F)cc3F)nc12. The normalized spacial score (nSPS) is 11.1. The van der Waals surface area contributed by atoms with Crippen molar-refractivity contribution in [2.45, 2.75) is 6.92 Å². The fraction of sp³-hybridized carbons (Fsp3) is 0.0667. The minimum atomic E-state index is -0.745. The van der Waals surface area contributed by atoms with Crippen LogP contribution in [-0.4, -0.2) is 9.97 Å². The summed E-state index contributed by atoms with van der Waals surface area (Å²) in [7, 11) is 0. The van der Waals surface area contributed by atoms with Crippen LogP contribution in [-0.2, 0) is 0 Å². The summed E-state index contributed by atoms with van der Waals surface area (Å²) in [6.07, 6.45) is 0. The van der Waals surface area contributed by atoms with E-state index in [9.17, 15) is 8.78 Å². The number of fused-ring (bicyclic) bond motifs is 1. The molecule has 0 amide bonds. The number of benzene rings is 2. The number of aromatic nitrogens is 2. The Kier molecular flexibility index (Phi) is 3.51. The van der Waals surface area contributed by atoms with E-state index in [-0.39, 0.29) is 16.5 Å². The van der Waals surface area contributed by atoms with Gasteiger partial charge in [0.15, 0.2) is 5.82 Å². The van der Waals surface area contributed by atoms with Gasteiger partial charge in [-0.05, 0) is 36.8 Å². The van der Waals surface area contributed by atoms with Crippen molar-refractivity contribution in [3.63, 3.8) is 0 Å². The van der Waals surface area contributed by atoms with Gasteiger partial charge in [0.2, 0.25) is 0 Å². The molecule has 21 heavy (non-hydrogen) atoms. The van der Waals surface area contributed by atoms with Crippen LogP contribution < -0.4 is 0 Å². The van der Waals surface area contributed by atoms with E-state index in [1.807, 2.05) is 0 Å². The molecule has 3 rings (SSSR count). The summed E-state index contributed by atoms with van der Waals surface area (Å²) in [5, 5.41) is 1.35. The summed E-state index contributed by atoms with van der Waals surface area (Å²) in [5.74, 6) is -1.32. The number of rotatable bonds is 1. The average Bonchev–Trinajstić information content (AvgIpc) is 2.43. The average molecular weight is 325 g/mol. The van der Waals surface area contributed by atoms with Crippen LogP contribution in [0.3, 0.4) is 0 Å². The van der Waals surface area contributed by atoms with Crippen molar-refractivity contribution >= 4 is 34.1 Å².